The molecule has 6 heteroatoms. The number of hydrogen-bond donors (Lipinski definition) is 1. The molecule has 1 aliphatic carbocycles. The number of nitrogens with zero attached hydrogens (tertiary/aromatic N) is 4. The van der Waals surface area contributed by atoms with Gasteiger partial charge in [0.1, 0.15) is 0 Å². The van der Waals surface area contributed by atoms with Crippen LogP contribution >= 0.6 is 0 Å². The van der Waals surface area contributed by atoms with E-state index in [0.29, 0.717) is 13.1 Å². The van der Waals surface area contributed by atoms with Crippen LogP contribution in [-0.2, 0) is 11.2 Å². The third kappa shape index (κ3) is 3.21. The highest BCUT2D eigenvalue weighted by Crippen LogP contribution is 2.52. The molecular formula is C19H23N5O. The van der Waals surface area contributed by atoms with Crippen molar-refractivity contribution >= 4 is 11.9 Å². The van der Waals surface area contributed by atoms with Gasteiger partial charge in [0.25, 0.3) is 0 Å². The van der Waals surface area contributed by atoms with E-state index in [4.69, 9.17) is 0 Å². The predicted octanol–water partition coefficient (Wildman–Crippen LogP) is 1.84. The molecule has 2 aromatic rings. The van der Waals surface area contributed by atoms with E-state index in [-0.39, 0.29) is 17.2 Å². The Morgan fingerprint density at radius 3 is 2.76 bits per heavy atom. The predicted molar refractivity (Wildman–Crippen MR) is 95.0 cm³/mol. The second-order valence-electron chi connectivity index (χ2n) is 7.10. The summed E-state index contributed by atoms with van der Waals surface area (Å²) in [5, 5.41) is 3.13. The van der Waals surface area contributed by atoms with E-state index in [1.807, 2.05) is 24.4 Å². The normalized spacial score (nSPS) is 21.1. The first-order valence-electron chi connectivity index (χ1n) is 8.95. The maximum absolute atomic E-state index is 12.8. The standard InChI is InChI=1S/C19H23N5O/c25-17(21-11-5-15-4-1-8-20-12-15)16-13-24(14-19(16)6-2-7-19)18-22-9-3-10-23-18/h1,3-4,8-10,12,16H,2,5-7,11,13-14H2,(H,21,25). The zero-order valence-corrected chi connectivity index (χ0v) is 14.3. The van der Waals surface area contributed by atoms with Gasteiger partial charge in [0.15, 0.2) is 0 Å². The Labute approximate surface area is 147 Å². The van der Waals surface area contributed by atoms with Crippen LogP contribution in [0.15, 0.2) is 43.0 Å². The van der Waals surface area contributed by atoms with Crippen LogP contribution in [-0.4, -0.2) is 40.5 Å². The van der Waals surface area contributed by atoms with Crippen LogP contribution in [0.25, 0.3) is 0 Å². The van der Waals surface area contributed by atoms with Gasteiger partial charge in [-0.1, -0.05) is 12.5 Å². The third-order valence-electron chi connectivity index (χ3n) is 5.58. The van der Waals surface area contributed by atoms with E-state index >= 15 is 0 Å². The number of pyridine rings is 1. The molecule has 1 saturated carbocycles. The summed E-state index contributed by atoms with van der Waals surface area (Å²) >= 11 is 0. The lowest BCUT2D eigenvalue weighted by Gasteiger charge is -2.41. The number of hydrogen-bond acceptors (Lipinski definition) is 5. The minimum Gasteiger partial charge on any atom is -0.355 e. The van der Waals surface area contributed by atoms with Crippen LogP contribution < -0.4 is 10.2 Å². The fraction of sp³-hybridized carbons (Fsp3) is 0.474. The van der Waals surface area contributed by atoms with Gasteiger partial charge in [-0.3, -0.25) is 9.78 Å². The maximum Gasteiger partial charge on any atom is 0.225 e. The van der Waals surface area contributed by atoms with Crippen molar-refractivity contribution in [3.05, 3.63) is 48.5 Å². The Morgan fingerprint density at radius 1 is 1.24 bits per heavy atom. The lowest BCUT2D eigenvalue weighted by Crippen LogP contribution is -2.45. The van der Waals surface area contributed by atoms with Crippen molar-refractivity contribution in [2.45, 2.75) is 25.7 Å². The fourth-order valence-corrected chi connectivity index (χ4v) is 4.07. The Hall–Kier alpha value is -2.50. The summed E-state index contributed by atoms with van der Waals surface area (Å²) in [5.74, 6) is 0.931. The molecule has 25 heavy (non-hydrogen) atoms. The second kappa shape index (κ2) is 6.78. The molecule has 1 spiro atoms. The van der Waals surface area contributed by atoms with Crippen LogP contribution in [0, 0.1) is 11.3 Å². The molecule has 4 rings (SSSR count). The SMILES string of the molecule is O=C(NCCc1cccnc1)C1CN(c2ncccn2)CC12CCC2. The zero-order chi connectivity index (χ0) is 17.1. The molecule has 2 aromatic heterocycles. The molecule has 0 bridgehead atoms. The van der Waals surface area contributed by atoms with Gasteiger partial charge >= 0.3 is 0 Å². The molecule has 130 valence electrons. The van der Waals surface area contributed by atoms with Crippen molar-refractivity contribution in [3.8, 4) is 0 Å². The van der Waals surface area contributed by atoms with Gasteiger partial charge in [-0.15, -0.1) is 0 Å². The zero-order valence-electron chi connectivity index (χ0n) is 14.3. The van der Waals surface area contributed by atoms with Crippen molar-refractivity contribution in [2.24, 2.45) is 11.3 Å². The number of rotatable bonds is 5. The molecule has 2 aliphatic rings. The van der Waals surface area contributed by atoms with Gasteiger partial charge in [-0.2, -0.15) is 0 Å². The average Bonchev–Trinajstić information content (AvgIpc) is 3.05. The molecule has 6 nitrogen and oxygen atoms in total. The molecule has 0 aromatic carbocycles. The molecular weight excluding hydrogens is 314 g/mol. The van der Waals surface area contributed by atoms with Crippen LogP contribution in [0.3, 0.4) is 0 Å². The van der Waals surface area contributed by atoms with E-state index in [1.54, 1.807) is 18.6 Å². The molecule has 1 saturated heterocycles. The van der Waals surface area contributed by atoms with Crippen LogP contribution in [0.1, 0.15) is 24.8 Å². The van der Waals surface area contributed by atoms with Crippen molar-refractivity contribution in [2.75, 3.05) is 24.5 Å². The minimum absolute atomic E-state index is 0.0268. The Kier molecular flexibility index (Phi) is 4.34. The first kappa shape index (κ1) is 16.0. The van der Waals surface area contributed by atoms with Crippen LogP contribution in [0.4, 0.5) is 5.95 Å². The van der Waals surface area contributed by atoms with Crippen molar-refractivity contribution < 1.29 is 4.79 Å². The van der Waals surface area contributed by atoms with E-state index < -0.39 is 0 Å². The van der Waals surface area contributed by atoms with Gasteiger partial charge in [0, 0.05) is 49.8 Å². The van der Waals surface area contributed by atoms with Gasteiger partial charge < -0.3 is 10.2 Å². The third-order valence-corrected chi connectivity index (χ3v) is 5.58. The number of aromatic nitrogens is 3. The monoisotopic (exact) mass is 337 g/mol. The molecule has 1 amide bonds. The Balaban J connectivity index is 1.39. The van der Waals surface area contributed by atoms with Crippen LogP contribution in [0.5, 0.6) is 0 Å². The summed E-state index contributed by atoms with van der Waals surface area (Å²) in [5.41, 5.74) is 1.25. The molecule has 2 fully saturated rings. The van der Waals surface area contributed by atoms with Gasteiger partial charge in [0.05, 0.1) is 5.92 Å². The van der Waals surface area contributed by atoms with Crippen LogP contribution in [0.2, 0.25) is 0 Å². The molecule has 1 atom stereocenters. The molecule has 1 N–H and O–H groups in total. The first-order chi connectivity index (χ1) is 12.3. The van der Waals surface area contributed by atoms with Crippen molar-refractivity contribution in [3.63, 3.8) is 0 Å². The number of carbonyl (C=O) groups is 1. The lowest BCUT2D eigenvalue weighted by atomic mass is 9.62. The highest BCUT2D eigenvalue weighted by molar-refractivity contribution is 5.81. The molecule has 3 heterocycles. The van der Waals surface area contributed by atoms with Gasteiger partial charge in [-0.05, 0) is 37.0 Å². The van der Waals surface area contributed by atoms with Gasteiger partial charge in [0.2, 0.25) is 11.9 Å². The summed E-state index contributed by atoms with van der Waals surface area (Å²) in [7, 11) is 0. The topological polar surface area (TPSA) is 71.0 Å². The Bertz CT molecular complexity index is 717. The Morgan fingerprint density at radius 2 is 2.08 bits per heavy atom. The average molecular weight is 337 g/mol. The molecule has 1 aliphatic heterocycles. The smallest absolute Gasteiger partial charge is 0.225 e. The fourth-order valence-electron chi connectivity index (χ4n) is 4.07. The van der Waals surface area contributed by atoms with E-state index in [2.05, 4.69) is 25.2 Å². The lowest BCUT2D eigenvalue weighted by molar-refractivity contribution is -0.129. The largest absolute Gasteiger partial charge is 0.355 e. The van der Waals surface area contributed by atoms with Crippen molar-refractivity contribution in [1.82, 2.24) is 20.3 Å². The number of nitrogens with one attached hydrogen (secondary N) is 1. The summed E-state index contributed by atoms with van der Waals surface area (Å²) in [4.78, 5) is 27.8. The first-order valence-corrected chi connectivity index (χ1v) is 8.95. The second-order valence-corrected chi connectivity index (χ2v) is 7.10. The quantitative estimate of drug-likeness (QED) is 0.901. The number of anilines is 1. The highest BCUT2D eigenvalue weighted by Gasteiger charge is 2.53. The van der Waals surface area contributed by atoms with Gasteiger partial charge in [-0.25, -0.2) is 9.97 Å². The summed E-state index contributed by atoms with van der Waals surface area (Å²) in [6, 6.07) is 5.78. The van der Waals surface area contributed by atoms with Crippen molar-refractivity contribution in [1.29, 1.82) is 0 Å². The summed E-state index contributed by atoms with van der Waals surface area (Å²) < 4.78 is 0. The maximum atomic E-state index is 12.8. The number of amides is 1. The summed E-state index contributed by atoms with van der Waals surface area (Å²) in [6.07, 6.45) is 11.4. The van der Waals surface area contributed by atoms with E-state index in [1.165, 1.54) is 6.42 Å². The highest BCUT2D eigenvalue weighted by atomic mass is 16.2. The minimum atomic E-state index is 0.0268. The summed E-state index contributed by atoms with van der Waals surface area (Å²) in [6.45, 7) is 2.25. The molecule has 0 radical (unpaired) electrons. The number of carbonyl (C=O) groups excluding carboxylic acids is 1. The van der Waals surface area contributed by atoms with E-state index in [0.717, 1.165) is 37.3 Å². The van der Waals surface area contributed by atoms with E-state index in [9.17, 15) is 4.79 Å². The molecule has 1 unspecified atom stereocenters.